The minimum atomic E-state index is 0. The van der Waals surface area contributed by atoms with Gasteiger partial charge < -0.3 is 43.8 Å². The largest absolute Gasteiger partial charge is 0.412 e. The molecule has 0 radical (unpaired) electrons. The van der Waals surface area contributed by atoms with Gasteiger partial charge >= 0.3 is 0 Å². The van der Waals surface area contributed by atoms with Crippen molar-refractivity contribution in [2.75, 3.05) is 0 Å². The van der Waals surface area contributed by atoms with Gasteiger partial charge in [-0.25, -0.2) is 0 Å². The first-order valence-electron chi connectivity index (χ1n) is 0. The summed E-state index contributed by atoms with van der Waals surface area (Å²) < 4.78 is 0. The number of hydrogen-bond acceptors (Lipinski definition) is 0. The minimum Gasteiger partial charge on any atom is -0.412 e. The van der Waals surface area contributed by atoms with E-state index in [0.29, 0.717) is 0 Å². The van der Waals surface area contributed by atoms with Gasteiger partial charge in [-0.1, -0.05) is 0 Å². The zero-order valence-electron chi connectivity index (χ0n) is 6.41. The fourth-order valence-corrected chi connectivity index (χ4v) is 0. The van der Waals surface area contributed by atoms with Crippen LogP contribution in [0.5, 0.6) is 0 Å². The van der Waals surface area contributed by atoms with E-state index in [4.69, 9.17) is 0 Å². The van der Waals surface area contributed by atoms with E-state index in [2.05, 4.69) is 0 Å². The molecule has 16 N–H and O–H groups in total. The third-order valence-electron chi connectivity index (χ3n) is 0. The van der Waals surface area contributed by atoms with Crippen molar-refractivity contribution in [2.24, 2.45) is 0 Å². The van der Waals surface area contributed by atoms with Gasteiger partial charge in [-0.3, -0.25) is 0 Å². The van der Waals surface area contributed by atoms with Gasteiger partial charge in [0.15, 0.2) is 0 Å². The Hall–Kier alpha value is 2.36. The molecule has 0 rings (SSSR count). The van der Waals surface area contributed by atoms with Gasteiger partial charge in [0.1, 0.15) is 0 Å². The SMILES string of the molecule is O.O.O.O.O.O.O.O.[Ti].[Ti].[Zn].[Zn]. The van der Waals surface area contributed by atoms with E-state index in [1.807, 2.05) is 0 Å². The molecule has 0 saturated carbocycles. The second-order valence-electron chi connectivity index (χ2n) is 0. The summed E-state index contributed by atoms with van der Waals surface area (Å²) in [7, 11) is 0. The number of hydrogen-bond donors (Lipinski definition) is 0. The normalized spacial score (nSPS) is 0. The Morgan fingerprint density at radius 2 is 0.250 bits per heavy atom. The van der Waals surface area contributed by atoms with Crippen molar-refractivity contribution >= 4 is 0 Å². The van der Waals surface area contributed by atoms with Crippen LogP contribution in [0.3, 0.4) is 0 Å². The summed E-state index contributed by atoms with van der Waals surface area (Å²) in [5.74, 6) is 0. The van der Waals surface area contributed by atoms with Crippen LogP contribution in [0.25, 0.3) is 0 Å². The summed E-state index contributed by atoms with van der Waals surface area (Å²) in [5, 5.41) is 0. The molecule has 0 heterocycles. The second-order valence-corrected chi connectivity index (χ2v) is 0. The van der Waals surface area contributed by atoms with Crippen molar-refractivity contribution in [3.63, 3.8) is 0 Å². The summed E-state index contributed by atoms with van der Waals surface area (Å²) in [6, 6.07) is 0. The predicted octanol–water partition coefficient (Wildman–Crippen LogP) is -6.61. The van der Waals surface area contributed by atoms with E-state index in [-0.39, 0.29) is 126 Å². The van der Waals surface area contributed by atoms with Crippen molar-refractivity contribution in [1.29, 1.82) is 0 Å². The Labute approximate surface area is 125 Å². The van der Waals surface area contributed by atoms with Crippen molar-refractivity contribution in [1.82, 2.24) is 0 Å². The Morgan fingerprint density at radius 3 is 0.250 bits per heavy atom. The van der Waals surface area contributed by atoms with Crippen molar-refractivity contribution in [3.8, 4) is 0 Å². The maximum Gasteiger partial charge on any atom is 0 e. The first kappa shape index (κ1) is 462. The molecule has 0 atom stereocenters. The summed E-state index contributed by atoms with van der Waals surface area (Å²) >= 11 is 0. The molecule has 0 aliphatic carbocycles. The molecule has 0 amide bonds. The van der Waals surface area contributed by atoms with Crippen LogP contribution < -0.4 is 0 Å². The van der Waals surface area contributed by atoms with E-state index in [1.165, 1.54) is 0 Å². The number of rotatable bonds is 0. The van der Waals surface area contributed by atoms with Crippen LogP contribution in [-0.2, 0) is 82.4 Å². The van der Waals surface area contributed by atoms with Crippen LogP contribution >= 0.6 is 0 Å². The van der Waals surface area contributed by atoms with Gasteiger partial charge in [0.2, 0.25) is 0 Å². The first-order chi connectivity index (χ1) is 0. The van der Waals surface area contributed by atoms with Crippen molar-refractivity contribution in [3.05, 3.63) is 0 Å². The molecule has 0 unspecified atom stereocenters. The molecule has 0 aromatic carbocycles. The summed E-state index contributed by atoms with van der Waals surface area (Å²) in [5.41, 5.74) is 0. The van der Waals surface area contributed by atoms with Crippen LogP contribution in [0, 0.1) is 0 Å². The molecule has 12 heteroatoms. The molecule has 0 fully saturated rings. The predicted molar refractivity (Wildman–Crippen MR) is 28.9 cm³/mol. The van der Waals surface area contributed by atoms with E-state index in [0.717, 1.165) is 0 Å². The second kappa shape index (κ2) is 368. The zero-order chi connectivity index (χ0) is 0. The molecular weight excluding hydrogens is 355 g/mol. The maximum atomic E-state index is 0. The third-order valence-corrected chi connectivity index (χ3v) is 0. The van der Waals surface area contributed by atoms with E-state index in [1.54, 1.807) is 0 Å². The summed E-state index contributed by atoms with van der Waals surface area (Å²) in [6.45, 7) is 0. The van der Waals surface area contributed by atoms with E-state index < -0.39 is 0 Å². The van der Waals surface area contributed by atoms with Gasteiger partial charge in [0.05, 0.1) is 0 Å². The van der Waals surface area contributed by atoms with E-state index in [9.17, 15) is 0 Å². The monoisotopic (exact) mass is 368 g/mol. The van der Waals surface area contributed by atoms with Crippen LogP contribution in [0.15, 0.2) is 0 Å². The Morgan fingerprint density at radius 1 is 0.250 bits per heavy atom. The fraction of sp³-hybridized carbons (Fsp3) is 0. The molecule has 0 saturated heterocycles. The van der Waals surface area contributed by atoms with Gasteiger partial charge in [-0.2, -0.15) is 0 Å². The molecule has 0 spiro atoms. The van der Waals surface area contributed by atoms with Gasteiger partial charge in [0, 0.05) is 82.4 Å². The smallest absolute Gasteiger partial charge is 0 e. The standard InChI is InChI=1S/8H2O.2Ti.2Zn/h8*1H2;;;;. The molecule has 8 nitrogen and oxygen atoms in total. The maximum absolute atomic E-state index is 0. The quantitative estimate of drug-likeness (QED) is 0.360. The van der Waals surface area contributed by atoms with Gasteiger partial charge in [0.25, 0.3) is 0 Å². The molecule has 0 bridgehead atoms. The van der Waals surface area contributed by atoms with E-state index >= 15 is 0 Å². The molecule has 76 valence electrons. The van der Waals surface area contributed by atoms with Crippen LogP contribution in [0.4, 0.5) is 0 Å². The van der Waals surface area contributed by atoms with Crippen LogP contribution in [-0.4, -0.2) is 43.8 Å². The molecule has 0 aliphatic rings. The topological polar surface area (TPSA) is 252 Å². The Balaban J connectivity index is 0. The Kier molecular flexibility index (Phi) is 14100. The van der Waals surface area contributed by atoms with Crippen molar-refractivity contribution in [2.45, 2.75) is 0 Å². The molecule has 12 heavy (non-hydrogen) atoms. The van der Waals surface area contributed by atoms with Crippen LogP contribution in [0.1, 0.15) is 0 Å². The Bertz CT molecular complexity index is 15.0. The molecule has 0 aromatic rings. The molecular formula is H16O8Ti2Zn2. The fourth-order valence-electron chi connectivity index (χ4n) is 0. The van der Waals surface area contributed by atoms with Crippen molar-refractivity contribution < 1.29 is 126 Å². The van der Waals surface area contributed by atoms with Gasteiger partial charge in [-0.05, 0) is 0 Å². The average Bonchev–Trinajstić information content (AvgIpc) is 0. The van der Waals surface area contributed by atoms with Gasteiger partial charge in [-0.15, -0.1) is 0 Å². The molecule has 0 aliphatic heterocycles. The molecule has 0 aromatic heterocycles. The zero-order valence-corrected chi connectivity index (χ0v) is 15.5. The van der Waals surface area contributed by atoms with Crippen LogP contribution in [0.2, 0.25) is 0 Å². The summed E-state index contributed by atoms with van der Waals surface area (Å²) in [6.07, 6.45) is 0. The first-order valence-corrected chi connectivity index (χ1v) is 0. The minimum absolute atomic E-state index is 0. The third kappa shape index (κ3) is 287. The average molecular weight is 371 g/mol. The summed E-state index contributed by atoms with van der Waals surface area (Å²) in [4.78, 5) is 0.